The largest absolute Gasteiger partial charge is 0.474 e. The monoisotopic (exact) mass is 515 g/mol. The van der Waals surface area contributed by atoms with Gasteiger partial charge in [-0.3, -0.25) is 9.59 Å². The van der Waals surface area contributed by atoms with Gasteiger partial charge in [0.2, 0.25) is 11.8 Å². The van der Waals surface area contributed by atoms with Gasteiger partial charge in [0.1, 0.15) is 11.2 Å². The molecule has 5 rings (SSSR count). The van der Waals surface area contributed by atoms with E-state index in [9.17, 15) is 14.4 Å². The summed E-state index contributed by atoms with van der Waals surface area (Å²) >= 11 is 0. The van der Waals surface area contributed by atoms with Crippen molar-refractivity contribution in [2.24, 2.45) is 23.5 Å². The van der Waals surface area contributed by atoms with E-state index in [4.69, 9.17) is 15.2 Å². The van der Waals surface area contributed by atoms with Crippen molar-refractivity contribution in [3.63, 3.8) is 0 Å². The fourth-order valence-corrected chi connectivity index (χ4v) is 6.65. The summed E-state index contributed by atoms with van der Waals surface area (Å²) in [5.74, 6) is 1.09. The molecule has 2 unspecified atom stereocenters. The third-order valence-corrected chi connectivity index (χ3v) is 7.74. The van der Waals surface area contributed by atoms with E-state index in [1.165, 1.54) is 10.9 Å². The normalized spacial score (nSPS) is 28.5. The number of nitrogens with one attached hydrogen (secondary N) is 2. The SMILES string of the molecule is CCCC(=O)NC(C)(C)C=Cn1ncc(C(=O)NC2C3CC4CC2CC(OC(N)=O)(C4)C3)c1OC(C)C. The molecule has 3 amide bonds. The maximum Gasteiger partial charge on any atom is 0.405 e. The van der Waals surface area contributed by atoms with E-state index in [0.29, 0.717) is 23.8 Å². The average Bonchev–Trinajstić information content (AvgIpc) is 3.15. The molecule has 204 valence electrons. The van der Waals surface area contributed by atoms with Crippen LogP contribution in [0.3, 0.4) is 0 Å². The highest BCUT2D eigenvalue weighted by Gasteiger charge is 2.57. The Labute approximate surface area is 218 Å². The van der Waals surface area contributed by atoms with E-state index >= 15 is 0 Å². The van der Waals surface area contributed by atoms with Gasteiger partial charge >= 0.3 is 6.09 Å². The summed E-state index contributed by atoms with van der Waals surface area (Å²) in [7, 11) is 0. The first kappa shape index (κ1) is 27.0. The second-order valence-corrected chi connectivity index (χ2v) is 11.9. The Balaban J connectivity index is 1.50. The van der Waals surface area contributed by atoms with Crippen LogP contribution in [0.4, 0.5) is 4.79 Å². The van der Waals surface area contributed by atoms with Crippen LogP contribution in [0.15, 0.2) is 12.3 Å². The van der Waals surface area contributed by atoms with Gasteiger partial charge in [-0.15, -0.1) is 0 Å². The van der Waals surface area contributed by atoms with Crippen LogP contribution in [0.2, 0.25) is 0 Å². The van der Waals surface area contributed by atoms with E-state index in [1.807, 2.05) is 40.7 Å². The molecule has 4 aliphatic rings. The second-order valence-electron chi connectivity index (χ2n) is 11.9. The van der Waals surface area contributed by atoms with Crippen molar-refractivity contribution in [2.75, 3.05) is 0 Å². The summed E-state index contributed by atoms with van der Waals surface area (Å²) in [5, 5.41) is 10.6. The second kappa shape index (κ2) is 10.4. The molecule has 2 atom stereocenters. The summed E-state index contributed by atoms with van der Waals surface area (Å²) < 4.78 is 13.2. The highest BCUT2D eigenvalue weighted by molar-refractivity contribution is 5.96. The number of primary amides is 1. The summed E-state index contributed by atoms with van der Waals surface area (Å²) in [6.45, 7) is 9.56. The van der Waals surface area contributed by atoms with Crippen LogP contribution in [0.1, 0.15) is 89.9 Å². The van der Waals surface area contributed by atoms with Gasteiger partial charge in [0.05, 0.1) is 17.8 Å². The molecule has 4 aliphatic carbocycles. The van der Waals surface area contributed by atoms with Gasteiger partial charge < -0.3 is 25.8 Å². The molecule has 4 saturated carbocycles. The molecule has 0 aromatic carbocycles. The first-order chi connectivity index (χ1) is 17.4. The smallest absolute Gasteiger partial charge is 0.405 e. The molecule has 0 saturated heterocycles. The maximum atomic E-state index is 13.5. The lowest BCUT2D eigenvalue weighted by Crippen LogP contribution is -2.63. The van der Waals surface area contributed by atoms with Gasteiger partial charge in [0.25, 0.3) is 5.91 Å². The summed E-state index contributed by atoms with van der Waals surface area (Å²) in [6, 6.07) is 0.00662. The molecule has 4 fully saturated rings. The Morgan fingerprint density at radius 3 is 2.51 bits per heavy atom. The number of rotatable bonds is 10. The lowest BCUT2D eigenvalue weighted by atomic mass is 9.52. The van der Waals surface area contributed by atoms with Crippen molar-refractivity contribution in [1.82, 2.24) is 20.4 Å². The molecular weight excluding hydrogens is 474 g/mol. The zero-order valence-electron chi connectivity index (χ0n) is 22.6. The highest BCUT2D eigenvalue weighted by Crippen LogP contribution is 2.57. The zero-order valence-corrected chi connectivity index (χ0v) is 22.6. The lowest BCUT2D eigenvalue weighted by molar-refractivity contribution is -0.137. The van der Waals surface area contributed by atoms with Crippen LogP contribution in [0.25, 0.3) is 6.20 Å². The number of aromatic nitrogens is 2. The van der Waals surface area contributed by atoms with E-state index in [-0.39, 0.29) is 35.8 Å². The van der Waals surface area contributed by atoms with Gasteiger partial charge in [0, 0.05) is 18.7 Å². The third kappa shape index (κ3) is 6.10. The molecule has 0 aliphatic heterocycles. The topological polar surface area (TPSA) is 138 Å². The number of carbonyl (C=O) groups excluding carboxylic acids is 3. The van der Waals surface area contributed by atoms with Crippen LogP contribution < -0.4 is 21.1 Å². The Hall–Kier alpha value is -3.04. The molecule has 1 aromatic heterocycles. The highest BCUT2D eigenvalue weighted by atomic mass is 16.6. The maximum absolute atomic E-state index is 13.5. The molecule has 0 spiro atoms. The van der Waals surface area contributed by atoms with E-state index in [0.717, 1.165) is 38.5 Å². The van der Waals surface area contributed by atoms with Crippen molar-refractivity contribution in [2.45, 2.75) is 103 Å². The number of hydrogen-bond acceptors (Lipinski definition) is 6. The molecule has 10 heteroatoms. The number of hydrogen-bond donors (Lipinski definition) is 3. The van der Waals surface area contributed by atoms with Crippen molar-refractivity contribution in [1.29, 1.82) is 0 Å². The molecule has 1 heterocycles. The molecular formula is C27H41N5O5. The summed E-state index contributed by atoms with van der Waals surface area (Å²) in [6.07, 6.45) is 9.77. The van der Waals surface area contributed by atoms with E-state index in [1.54, 1.807) is 6.20 Å². The van der Waals surface area contributed by atoms with Gasteiger partial charge in [-0.05, 0) is 90.0 Å². The predicted molar refractivity (Wildman–Crippen MR) is 139 cm³/mol. The van der Waals surface area contributed by atoms with Crippen LogP contribution in [0.5, 0.6) is 5.88 Å². The fraction of sp³-hybridized carbons (Fsp3) is 0.704. The Bertz CT molecular complexity index is 1050. The zero-order chi connectivity index (χ0) is 27.0. The molecule has 10 nitrogen and oxygen atoms in total. The van der Waals surface area contributed by atoms with Gasteiger partial charge in [-0.25, -0.2) is 9.48 Å². The molecule has 37 heavy (non-hydrogen) atoms. The lowest BCUT2D eigenvalue weighted by Gasteiger charge is -2.58. The van der Waals surface area contributed by atoms with E-state index in [2.05, 4.69) is 15.7 Å². The Morgan fingerprint density at radius 2 is 1.92 bits per heavy atom. The third-order valence-electron chi connectivity index (χ3n) is 7.74. The van der Waals surface area contributed by atoms with Crippen LogP contribution in [0, 0.1) is 17.8 Å². The Kier molecular flexibility index (Phi) is 7.57. The standard InChI is InChI=1S/C27H41N5O5/c1-6-7-21(33)31-26(4,5)8-9-32-24(36-16(2)3)20(15-29-32)23(34)30-22-18-10-17-11-19(22)14-27(12-17,13-18)37-25(28)35/h8-9,15-19,22H,6-7,10-14H2,1-5H3,(H2,28,35)(H,30,34)(H,31,33). The number of carbonyl (C=O) groups is 3. The molecule has 1 aromatic rings. The minimum absolute atomic E-state index is 0.00662. The van der Waals surface area contributed by atoms with Gasteiger partial charge in [0.15, 0.2) is 0 Å². The van der Waals surface area contributed by atoms with Crippen LogP contribution in [-0.4, -0.2) is 51.0 Å². The molecule has 4 N–H and O–H groups in total. The minimum atomic E-state index is -0.716. The van der Waals surface area contributed by atoms with E-state index < -0.39 is 17.2 Å². The minimum Gasteiger partial charge on any atom is -0.474 e. The average molecular weight is 516 g/mol. The summed E-state index contributed by atoms with van der Waals surface area (Å²) in [4.78, 5) is 37.1. The van der Waals surface area contributed by atoms with Crippen molar-refractivity contribution < 1.29 is 23.9 Å². The first-order valence-corrected chi connectivity index (χ1v) is 13.4. The molecule has 0 radical (unpaired) electrons. The number of ether oxygens (including phenoxy) is 2. The number of nitrogens with two attached hydrogens (primary N) is 1. The van der Waals surface area contributed by atoms with Crippen molar-refractivity contribution in [3.05, 3.63) is 17.8 Å². The van der Waals surface area contributed by atoms with Crippen molar-refractivity contribution in [3.8, 4) is 5.88 Å². The fourth-order valence-electron chi connectivity index (χ4n) is 6.65. The predicted octanol–water partition coefficient (Wildman–Crippen LogP) is 3.61. The van der Waals surface area contributed by atoms with Crippen LogP contribution >= 0.6 is 0 Å². The Morgan fingerprint density at radius 1 is 1.24 bits per heavy atom. The first-order valence-electron chi connectivity index (χ1n) is 13.4. The molecule has 4 bridgehead atoms. The van der Waals surface area contributed by atoms with Crippen molar-refractivity contribution >= 4 is 24.1 Å². The van der Waals surface area contributed by atoms with Gasteiger partial charge in [-0.1, -0.05) is 6.92 Å². The quantitative estimate of drug-likeness (QED) is 0.435. The number of amides is 3. The number of nitrogens with zero attached hydrogens (tertiary/aromatic N) is 2. The van der Waals surface area contributed by atoms with Crippen LogP contribution in [-0.2, 0) is 9.53 Å². The van der Waals surface area contributed by atoms with Gasteiger partial charge in [-0.2, -0.15) is 5.10 Å². The summed E-state index contributed by atoms with van der Waals surface area (Å²) in [5.41, 5.74) is 4.66.